The average Bonchev–Trinajstić information content (AvgIpc) is 2.59. The van der Waals surface area contributed by atoms with Crippen molar-refractivity contribution < 1.29 is 22.3 Å². The molecule has 1 aliphatic rings. The lowest BCUT2D eigenvalue weighted by Gasteiger charge is -2.34. The SMILES string of the molecule is CCCCS(=O)(=O)N1CCN(C(=O)c2cc(F)ccc2OC)CC1. The number of hydrogen-bond acceptors (Lipinski definition) is 4. The Kier molecular flexibility index (Phi) is 6.17. The maximum Gasteiger partial charge on any atom is 0.257 e. The Bertz CT molecular complexity index is 685. The van der Waals surface area contributed by atoms with Crippen LogP contribution in [0.4, 0.5) is 4.39 Å². The molecular formula is C16H23FN2O4S. The summed E-state index contributed by atoms with van der Waals surface area (Å²) in [6.07, 6.45) is 1.44. The number of ether oxygens (including phenoxy) is 1. The van der Waals surface area contributed by atoms with Crippen molar-refractivity contribution in [3.63, 3.8) is 0 Å². The summed E-state index contributed by atoms with van der Waals surface area (Å²) in [5.74, 6) is -0.425. The first-order valence-corrected chi connectivity index (χ1v) is 9.60. The van der Waals surface area contributed by atoms with Crippen LogP contribution in [-0.2, 0) is 10.0 Å². The quantitative estimate of drug-likeness (QED) is 0.777. The summed E-state index contributed by atoms with van der Waals surface area (Å²) < 4.78 is 44.3. The molecule has 0 radical (unpaired) electrons. The minimum atomic E-state index is -3.27. The van der Waals surface area contributed by atoms with Crippen molar-refractivity contribution in [2.45, 2.75) is 19.8 Å². The first-order chi connectivity index (χ1) is 11.4. The number of halogens is 1. The van der Waals surface area contributed by atoms with Gasteiger partial charge in [-0.25, -0.2) is 12.8 Å². The second kappa shape index (κ2) is 7.94. The van der Waals surface area contributed by atoms with E-state index in [0.29, 0.717) is 12.2 Å². The molecule has 2 rings (SSSR count). The molecule has 1 amide bonds. The Balaban J connectivity index is 2.05. The number of sulfonamides is 1. The Morgan fingerprint density at radius 3 is 2.50 bits per heavy atom. The van der Waals surface area contributed by atoms with Gasteiger partial charge in [0.15, 0.2) is 0 Å². The lowest BCUT2D eigenvalue weighted by Crippen LogP contribution is -2.51. The molecule has 134 valence electrons. The second-order valence-corrected chi connectivity index (χ2v) is 7.79. The van der Waals surface area contributed by atoms with Gasteiger partial charge in [0.05, 0.1) is 18.4 Å². The molecule has 1 heterocycles. The third-order valence-corrected chi connectivity index (χ3v) is 6.02. The molecule has 0 atom stereocenters. The van der Waals surface area contributed by atoms with Crippen LogP contribution >= 0.6 is 0 Å². The van der Waals surface area contributed by atoms with Gasteiger partial charge in [-0.3, -0.25) is 4.79 Å². The first kappa shape index (κ1) is 18.7. The molecule has 6 nitrogen and oxygen atoms in total. The number of methoxy groups -OCH3 is 1. The highest BCUT2D eigenvalue weighted by molar-refractivity contribution is 7.89. The molecule has 0 N–H and O–H groups in total. The van der Waals surface area contributed by atoms with Gasteiger partial charge in [-0.2, -0.15) is 4.31 Å². The molecule has 0 aliphatic carbocycles. The zero-order valence-electron chi connectivity index (χ0n) is 14.0. The number of rotatable bonds is 6. The molecule has 0 aromatic heterocycles. The van der Waals surface area contributed by atoms with Crippen molar-refractivity contribution in [2.24, 2.45) is 0 Å². The van der Waals surface area contributed by atoms with Gasteiger partial charge in [0, 0.05) is 26.2 Å². The van der Waals surface area contributed by atoms with E-state index in [0.717, 1.165) is 12.5 Å². The molecule has 0 saturated carbocycles. The van der Waals surface area contributed by atoms with Crippen LogP contribution in [0, 0.1) is 5.82 Å². The van der Waals surface area contributed by atoms with Crippen LogP contribution in [0.25, 0.3) is 0 Å². The minimum absolute atomic E-state index is 0.134. The van der Waals surface area contributed by atoms with Crippen LogP contribution in [0.15, 0.2) is 18.2 Å². The van der Waals surface area contributed by atoms with Crippen LogP contribution in [0.1, 0.15) is 30.1 Å². The molecule has 1 aromatic carbocycles. The Hall–Kier alpha value is -1.67. The van der Waals surface area contributed by atoms with E-state index >= 15 is 0 Å². The molecular weight excluding hydrogens is 335 g/mol. The summed E-state index contributed by atoms with van der Waals surface area (Å²) in [5.41, 5.74) is 0.153. The fourth-order valence-electron chi connectivity index (χ4n) is 2.64. The number of nitrogens with zero attached hydrogens (tertiary/aromatic N) is 2. The maximum absolute atomic E-state index is 13.4. The zero-order valence-corrected chi connectivity index (χ0v) is 14.8. The third-order valence-electron chi connectivity index (χ3n) is 4.07. The number of hydrogen-bond donors (Lipinski definition) is 0. The standard InChI is InChI=1S/C16H23FN2O4S/c1-3-4-11-24(21,22)19-9-7-18(8-10-19)16(20)14-12-13(17)5-6-15(14)23-2/h5-6,12H,3-4,7-11H2,1-2H3. The maximum atomic E-state index is 13.4. The summed E-state index contributed by atoms with van der Waals surface area (Å²) >= 11 is 0. The fraction of sp³-hybridized carbons (Fsp3) is 0.562. The van der Waals surface area contributed by atoms with E-state index in [2.05, 4.69) is 0 Å². The Morgan fingerprint density at radius 1 is 1.25 bits per heavy atom. The molecule has 1 aliphatic heterocycles. The van der Waals surface area contributed by atoms with Gasteiger partial charge in [-0.15, -0.1) is 0 Å². The molecule has 1 fully saturated rings. The summed E-state index contributed by atoms with van der Waals surface area (Å²) in [6.45, 7) is 3.02. The van der Waals surface area contributed by atoms with Gasteiger partial charge in [0.2, 0.25) is 10.0 Å². The topological polar surface area (TPSA) is 66.9 Å². The van der Waals surface area contributed by atoms with Crippen LogP contribution < -0.4 is 4.74 Å². The van der Waals surface area contributed by atoms with E-state index in [9.17, 15) is 17.6 Å². The zero-order chi connectivity index (χ0) is 17.7. The van der Waals surface area contributed by atoms with E-state index < -0.39 is 15.8 Å². The number of amides is 1. The normalized spacial score (nSPS) is 16.2. The monoisotopic (exact) mass is 358 g/mol. The van der Waals surface area contributed by atoms with E-state index in [-0.39, 0.29) is 43.4 Å². The lowest BCUT2D eigenvalue weighted by atomic mass is 10.1. The van der Waals surface area contributed by atoms with Crippen LogP contribution in [0.5, 0.6) is 5.75 Å². The van der Waals surface area contributed by atoms with Crippen molar-refractivity contribution in [3.05, 3.63) is 29.6 Å². The third kappa shape index (κ3) is 4.24. The fourth-order valence-corrected chi connectivity index (χ4v) is 4.27. The Labute approximate surface area is 142 Å². The molecule has 24 heavy (non-hydrogen) atoms. The highest BCUT2D eigenvalue weighted by Crippen LogP contribution is 2.22. The summed E-state index contributed by atoms with van der Waals surface area (Å²) in [6, 6.07) is 3.79. The van der Waals surface area contributed by atoms with Crippen molar-refractivity contribution >= 4 is 15.9 Å². The van der Waals surface area contributed by atoms with Crippen molar-refractivity contribution in [1.82, 2.24) is 9.21 Å². The van der Waals surface area contributed by atoms with Gasteiger partial charge >= 0.3 is 0 Å². The van der Waals surface area contributed by atoms with E-state index in [4.69, 9.17) is 4.74 Å². The van der Waals surface area contributed by atoms with E-state index in [1.807, 2.05) is 6.92 Å². The highest BCUT2D eigenvalue weighted by Gasteiger charge is 2.29. The summed E-state index contributed by atoms with van der Waals surface area (Å²) in [4.78, 5) is 14.1. The highest BCUT2D eigenvalue weighted by atomic mass is 32.2. The summed E-state index contributed by atoms with van der Waals surface area (Å²) in [5, 5.41) is 0. The van der Waals surface area contributed by atoms with Crippen LogP contribution in [-0.4, -0.2) is 62.6 Å². The Morgan fingerprint density at radius 2 is 1.92 bits per heavy atom. The van der Waals surface area contributed by atoms with Gasteiger partial charge in [0.25, 0.3) is 5.91 Å². The molecule has 1 aromatic rings. The molecule has 1 saturated heterocycles. The van der Waals surface area contributed by atoms with Crippen molar-refractivity contribution in [2.75, 3.05) is 39.0 Å². The minimum Gasteiger partial charge on any atom is -0.496 e. The smallest absolute Gasteiger partial charge is 0.257 e. The van der Waals surface area contributed by atoms with E-state index in [1.165, 1.54) is 28.4 Å². The van der Waals surface area contributed by atoms with Crippen molar-refractivity contribution in [3.8, 4) is 5.75 Å². The molecule has 0 bridgehead atoms. The number of carbonyl (C=O) groups excluding carboxylic acids is 1. The largest absolute Gasteiger partial charge is 0.496 e. The molecule has 8 heteroatoms. The number of benzene rings is 1. The van der Waals surface area contributed by atoms with Crippen LogP contribution in [0.3, 0.4) is 0 Å². The lowest BCUT2D eigenvalue weighted by molar-refractivity contribution is 0.0694. The average molecular weight is 358 g/mol. The first-order valence-electron chi connectivity index (χ1n) is 7.99. The molecule has 0 spiro atoms. The predicted molar refractivity (Wildman–Crippen MR) is 89.1 cm³/mol. The van der Waals surface area contributed by atoms with Gasteiger partial charge in [-0.05, 0) is 24.6 Å². The van der Waals surface area contributed by atoms with Gasteiger partial charge < -0.3 is 9.64 Å². The number of carbonyl (C=O) groups is 1. The van der Waals surface area contributed by atoms with Gasteiger partial charge in [-0.1, -0.05) is 13.3 Å². The second-order valence-electron chi connectivity index (χ2n) is 5.71. The predicted octanol–water partition coefficient (Wildman–Crippen LogP) is 1.72. The molecule has 0 unspecified atom stereocenters. The number of piperazine rings is 1. The summed E-state index contributed by atoms with van der Waals surface area (Å²) in [7, 11) is -1.85. The van der Waals surface area contributed by atoms with Crippen molar-refractivity contribution in [1.29, 1.82) is 0 Å². The van der Waals surface area contributed by atoms with E-state index in [1.54, 1.807) is 0 Å². The van der Waals surface area contributed by atoms with Crippen LogP contribution in [0.2, 0.25) is 0 Å². The number of unbranched alkanes of at least 4 members (excludes halogenated alkanes) is 1. The van der Waals surface area contributed by atoms with Gasteiger partial charge in [0.1, 0.15) is 11.6 Å².